The summed E-state index contributed by atoms with van der Waals surface area (Å²) < 4.78 is 13.6. The van der Waals surface area contributed by atoms with Gasteiger partial charge in [0.15, 0.2) is 0 Å². The molecule has 0 atom stereocenters. The molecule has 0 unspecified atom stereocenters. The quantitative estimate of drug-likeness (QED) is 0.859. The number of likely N-dealkylation sites (tertiary alicyclic amines) is 1. The molecule has 1 aliphatic heterocycles. The standard InChI is InChI=1S/C21H23FN2O2/c22-19-9-5-4-8-18(19)15-23-20(25)21(26)24-12-10-17(11-13-24)14-16-6-2-1-3-7-16/h1-9,17H,10-15H2,(H,23,25). The Hall–Kier alpha value is -2.69. The molecule has 1 saturated heterocycles. The van der Waals surface area contributed by atoms with E-state index in [0.717, 1.165) is 19.3 Å². The van der Waals surface area contributed by atoms with E-state index in [4.69, 9.17) is 0 Å². The van der Waals surface area contributed by atoms with E-state index in [2.05, 4.69) is 17.4 Å². The van der Waals surface area contributed by atoms with Crippen LogP contribution in [0.2, 0.25) is 0 Å². The summed E-state index contributed by atoms with van der Waals surface area (Å²) in [5.41, 5.74) is 1.68. The van der Waals surface area contributed by atoms with Gasteiger partial charge >= 0.3 is 11.8 Å². The van der Waals surface area contributed by atoms with Crippen molar-refractivity contribution in [2.45, 2.75) is 25.8 Å². The van der Waals surface area contributed by atoms with Crippen LogP contribution < -0.4 is 5.32 Å². The minimum Gasteiger partial charge on any atom is -0.344 e. The number of hydrogen-bond acceptors (Lipinski definition) is 2. The highest BCUT2D eigenvalue weighted by Gasteiger charge is 2.27. The molecule has 1 N–H and O–H groups in total. The molecular weight excluding hydrogens is 331 g/mol. The highest BCUT2D eigenvalue weighted by Crippen LogP contribution is 2.21. The maximum Gasteiger partial charge on any atom is 0.311 e. The molecule has 4 nitrogen and oxygen atoms in total. The lowest BCUT2D eigenvalue weighted by molar-refractivity contribution is -0.146. The highest BCUT2D eigenvalue weighted by atomic mass is 19.1. The number of benzene rings is 2. The smallest absolute Gasteiger partial charge is 0.311 e. The molecule has 2 aromatic carbocycles. The van der Waals surface area contributed by atoms with Crippen LogP contribution in [-0.2, 0) is 22.6 Å². The van der Waals surface area contributed by atoms with Gasteiger partial charge in [-0.2, -0.15) is 0 Å². The van der Waals surface area contributed by atoms with E-state index in [1.165, 1.54) is 11.6 Å². The first-order valence-electron chi connectivity index (χ1n) is 8.98. The van der Waals surface area contributed by atoms with Crippen molar-refractivity contribution < 1.29 is 14.0 Å². The van der Waals surface area contributed by atoms with E-state index >= 15 is 0 Å². The average Bonchev–Trinajstić information content (AvgIpc) is 2.68. The van der Waals surface area contributed by atoms with Crippen LogP contribution in [0.1, 0.15) is 24.0 Å². The van der Waals surface area contributed by atoms with Crippen LogP contribution in [0.3, 0.4) is 0 Å². The van der Waals surface area contributed by atoms with E-state index < -0.39 is 11.8 Å². The second-order valence-electron chi connectivity index (χ2n) is 6.70. The maximum atomic E-state index is 13.6. The number of halogens is 1. The number of carbonyl (C=O) groups excluding carboxylic acids is 2. The molecule has 2 amide bonds. The zero-order valence-corrected chi connectivity index (χ0v) is 14.7. The Labute approximate surface area is 153 Å². The monoisotopic (exact) mass is 354 g/mol. The van der Waals surface area contributed by atoms with Crippen molar-refractivity contribution in [3.05, 3.63) is 71.5 Å². The molecule has 26 heavy (non-hydrogen) atoms. The summed E-state index contributed by atoms with van der Waals surface area (Å²) in [4.78, 5) is 26.0. The number of hydrogen-bond donors (Lipinski definition) is 1. The predicted molar refractivity (Wildman–Crippen MR) is 97.7 cm³/mol. The van der Waals surface area contributed by atoms with Crippen molar-refractivity contribution in [1.29, 1.82) is 0 Å². The van der Waals surface area contributed by atoms with Gasteiger partial charge in [-0.05, 0) is 36.8 Å². The van der Waals surface area contributed by atoms with Gasteiger partial charge in [0.25, 0.3) is 0 Å². The number of rotatable bonds is 4. The molecule has 0 aliphatic carbocycles. The minimum atomic E-state index is -0.672. The van der Waals surface area contributed by atoms with E-state index in [-0.39, 0.29) is 12.4 Å². The van der Waals surface area contributed by atoms with Crippen LogP contribution >= 0.6 is 0 Å². The lowest BCUT2D eigenvalue weighted by Crippen LogP contribution is -2.46. The van der Waals surface area contributed by atoms with Crippen LogP contribution in [0, 0.1) is 11.7 Å². The Morgan fingerprint density at radius 2 is 1.65 bits per heavy atom. The Kier molecular flexibility index (Phi) is 6.00. The van der Waals surface area contributed by atoms with Crippen molar-refractivity contribution in [2.75, 3.05) is 13.1 Å². The summed E-state index contributed by atoms with van der Waals surface area (Å²) in [7, 11) is 0. The largest absolute Gasteiger partial charge is 0.344 e. The van der Waals surface area contributed by atoms with Gasteiger partial charge in [0, 0.05) is 25.2 Å². The highest BCUT2D eigenvalue weighted by molar-refractivity contribution is 6.34. The molecule has 1 aliphatic rings. The van der Waals surface area contributed by atoms with Gasteiger partial charge in [-0.3, -0.25) is 9.59 Å². The summed E-state index contributed by atoms with van der Waals surface area (Å²) in [5.74, 6) is -1.06. The van der Waals surface area contributed by atoms with Crippen molar-refractivity contribution in [1.82, 2.24) is 10.2 Å². The fourth-order valence-electron chi connectivity index (χ4n) is 3.32. The number of carbonyl (C=O) groups is 2. The van der Waals surface area contributed by atoms with Gasteiger partial charge in [-0.25, -0.2) is 4.39 Å². The molecule has 5 heteroatoms. The fourth-order valence-corrected chi connectivity index (χ4v) is 3.32. The molecule has 136 valence electrons. The van der Waals surface area contributed by atoms with Crippen molar-refractivity contribution in [2.24, 2.45) is 5.92 Å². The number of amides is 2. The fraction of sp³-hybridized carbons (Fsp3) is 0.333. The third kappa shape index (κ3) is 4.69. The first-order valence-corrected chi connectivity index (χ1v) is 8.98. The third-order valence-corrected chi connectivity index (χ3v) is 4.86. The predicted octanol–water partition coefficient (Wildman–Crippen LogP) is 2.92. The van der Waals surface area contributed by atoms with Gasteiger partial charge in [0.05, 0.1) is 0 Å². The van der Waals surface area contributed by atoms with E-state index in [1.807, 2.05) is 18.2 Å². The molecule has 0 spiro atoms. The number of nitrogens with one attached hydrogen (secondary N) is 1. The number of nitrogens with zero attached hydrogens (tertiary/aromatic N) is 1. The number of piperidine rings is 1. The summed E-state index contributed by atoms with van der Waals surface area (Å²) in [6, 6.07) is 16.5. The van der Waals surface area contributed by atoms with Crippen molar-refractivity contribution in [3.63, 3.8) is 0 Å². The van der Waals surface area contributed by atoms with Crippen LogP contribution in [-0.4, -0.2) is 29.8 Å². The Bertz CT molecular complexity index is 756. The van der Waals surface area contributed by atoms with Crippen LogP contribution in [0.5, 0.6) is 0 Å². The Morgan fingerprint density at radius 1 is 1.00 bits per heavy atom. The molecule has 1 fully saturated rings. The molecule has 0 bridgehead atoms. The summed E-state index contributed by atoms with van der Waals surface area (Å²) >= 11 is 0. The second-order valence-corrected chi connectivity index (χ2v) is 6.70. The maximum absolute atomic E-state index is 13.6. The van der Waals surface area contributed by atoms with Gasteiger partial charge in [-0.1, -0.05) is 48.5 Å². The molecular formula is C21H23FN2O2. The lowest BCUT2D eigenvalue weighted by atomic mass is 9.90. The first-order chi connectivity index (χ1) is 12.6. The molecule has 0 saturated carbocycles. The zero-order valence-electron chi connectivity index (χ0n) is 14.7. The molecule has 0 radical (unpaired) electrons. The summed E-state index contributed by atoms with van der Waals surface area (Å²) in [5, 5.41) is 2.52. The molecule has 3 rings (SSSR count). The normalized spacial score (nSPS) is 14.9. The first kappa shape index (κ1) is 18.1. The van der Waals surface area contributed by atoms with E-state index in [9.17, 15) is 14.0 Å². The summed E-state index contributed by atoms with van der Waals surface area (Å²) in [6.45, 7) is 1.19. The van der Waals surface area contributed by atoms with Crippen LogP contribution in [0.25, 0.3) is 0 Å². The molecule has 2 aromatic rings. The van der Waals surface area contributed by atoms with Crippen LogP contribution in [0.15, 0.2) is 54.6 Å². The van der Waals surface area contributed by atoms with Crippen LogP contribution in [0.4, 0.5) is 4.39 Å². The van der Waals surface area contributed by atoms with E-state index in [0.29, 0.717) is 24.6 Å². The van der Waals surface area contributed by atoms with Crippen molar-refractivity contribution in [3.8, 4) is 0 Å². The Balaban J connectivity index is 1.45. The topological polar surface area (TPSA) is 49.4 Å². The van der Waals surface area contributed by atoms with Gasteiger partial charge < -0.3 is 10.2 Å². The van der Waals surface area contributed by atoms with Gasteiger partial charge in [0.1, 0.15) is 5.82 Å². The zero-order chi connectivity index (χ0) is 18.4. The molecule has 1 heterocycles. The summed E-state index contributed by atoms with van der Waals surface area (Å²) in [6.07, 6.45) is 2.78. The third-order valence-electron chi connectivity index (χ3n) is 4.86. The average molecular weight is 354 g/mol. The lowest BCUT2D eigenvalue weighted by Gasteiger charge is -2.31. The Morgan fingerprint density at radius 3 is 2.35 bits per heavy atom. The van der Waals surface area contributed by atoms with E-state index in [1.54, 1.807) is 23.1 Å². The SMILES string of the molecule is O=C(NCc1ccccc1F)C(=O)N1CCC(Cc2ccccc2)CC1. The van der Waals surface area contributed by atoms with Crippen molar-refractivity contribution >= 4 is 11.8 Å². The molecule has 0 aromatic heterocycles. The van der Waals surface area contributed by atoms with Gasteiger partial charge in [-0.15, -0.1) is 0 Å². The van der Waals surface area contributed by atoms with Gasteiger partial charge in [0.2, 0.25) is 0 Å². The minimum absolute atomic E-state index is 0.0156. The second kappa shape index (κ2) is 8.61.